The fourth-order valence-corrected chi connectivity index (χ4v) is 2.46. The normalized spacial score (nSPS) is 21.9. The highest BCUT2D eigenvalue weighted by Gasteiger charge is 2.20. The first-order valence-corrected chi connectivity index (χ1v) is 6.55. The van der Waals surface area contributed by atoms with Gasteiger partial charge in [-0.15, -0.1) is 0 Å². The van der Waals surface area contributed by atoms with Gasteiger partial charge in [0.25, 0.3) is 0 Å². The minimum atomic E-state index is 0.732. The van der Waals surface area contributed by atoms with Crippen molar-refractivity contribution >= 4 is 0 Å². The van der Waals surface area contributed by atoms with Crippen molar-refractivity contribution in [2.75, 3.05) is 19.6 Å². The molecule has 5 heteroatoms. The highest BCUT2D eigenvalue weighted by atomic mass is 16.5. The first kappa shape index (κ1) is 12.5. The van der Waals surface area contributed by atoms with Crippen molar-refractivity contribution in [1.29, 1.82) is 0 Å². The Balaban J connectivity index is 1.85. The molecule has 1 aliphatic rings. The van der Waals surface area contributed by atoms with Gasteiger partial charge in [-0.3, -0.25) is 4.90 Å². The molecule has 0 aliphatic carbocycles. The number of nitrogens with two attached hydrogens (primary N) is 1. The van der Waals surface area contributed by atoms with Gasteiger partial charge in [0, 0.05) is 13.0 Å². The van der Waals surface area contributed by atoms with Crippen molar-refractivity contribution in [2.45, 2.75) is 39.2 Å². The Hall–Kier alpha value is -0.940. The average Bonchev–Trinajstić information content (AvgIpc) is 2.78. The number of hydrogen-bond acceptors (Lipinski definition) is 5. The number of aromatic nitrogens is 2. The molecule has 0 radical (unpaired) electrons. The van der Waals surface area contributed by atoms with Crippen LogP contribution in [0.1, 0.15) is 37.9 Å². The van der Waals surface area contributed by atoms with Gasteiger partial charge in [-0.2, -0.15) is 4.98 Å². The SMILES string of the molecule is CCc1nc(CN2CCCC(CCN)C2)no1. The summed E-state index contributed by atoms with van der Waals surface area (Å²) in [6, 6.07) is 0. The molecule has 0 spiro atoms. The molecule has 0 amide bonds. The first-order valence-electron chi connectivity index (χ1n) is 6.55. The number of rotatable bonds is 5. The van der Waals surface area contributed by atoms with E-state index in [-0.39, 0.29) is 0 Å². The molecule has 17 heavy (non-hydrogen) atoms. The summed E-state index contributed by atoms with van der Waals surface area (Å²) in [4.78, 5) is 6.76. The Morgan fingerprint density at radius 2 is 2.41 bits per heavy atom. The summed E-state index contributed by atoms with van der Waals surface area (Å²) in [6.07, 6.45) is 4.50. The van der Waals surface area contributed by atoms with Gasteiger partial charge in [-0.25, -0.2) is 0 Å². The lowest BCUT2D eigenvalue weighted by Gasteiger charge is -2.31. The van der Waals surface area contributed by atoms with Crippen LogP contribution in [0.15, 0.2) is 4.52 Å². The van der Waals surface area contributed by atoms with E-state index in [2.05, 4.69) is 15.0 Å². The number of hydrogen-bond donors (Lipinski definition) is 1. The van der Waals surface area contributed by atoms with E-state index in [0.29, 0.717) is 0 Å². The molecule has 2 rings (SSSR count). The molecule has 1 saturated heterocycles. The van der Waals surface area contributed by atoms with Crippen LogP contribution in [0.2, 0.25) is 0 Å². The van der Waals surface area contributed by atoms with Gasteiger partial charge in [0.05, 0.1) is 6.54 Å². The standard InChI is InChI=1S/C12H22N4O/c1-2-12-14-11(15-17-12)9-16-7-3-4-10(8-16)5-6-13/h10H,2-9,13H2,1H3. The average molecular weight is 238 g/mol. The summed E-state index contributed by atoms with van der Waals surface area (Å²) in [6.45, 7) is 5.88. The zero-order chi connectivity index (χ0) is 12.1. The Kier molecular flexibility index (Phi) is 4.50. The molecular formula is C12H22N4O. The lowest BCUT2D eigenvalue weighted by molar-refractivity contribution is 0.158. The summed E-state index contributed by atoms with van der Waals surface area (Å²) < 4.78 is 5.12. The van der Waals surface area contributed by atoms with Crippen molar-refractivity contribution in [1.82, 2.24) is 15.0 Å². The van der Waals surface area contributed by atoms with Crippen LogP contribution >= 0.6 is 0 Å². The van der Waals surface area contributed by atoms with E-state index in [4.69, 9.17) is 10.3 Å². The highest BCUT2D eigenvalue weighted by molar-refractivity contribution is 4.87. The third-order valence-electron chi connectivity index (χ3n) is 3.36. The minimum Gasteiger partial charge on any atom is -0.339 e. The highest BCUT2D eigenvalue weighted by Crippen LogP contribution is 2.20. The summed E-state index contributed by atoms with van der Waals surface area (Å²) in [7, 11) is 0. The molecule has 1 atom stereocenters. The van der Waals surface area contributed by atoms with Gasteiger partial charge in [0.1, 0.15) is 0 Å². The van der Waals surface area contributed by atoms with Gasteiger partial charge in [0.15, 0.2) is 5.82 Å². The van der Waals surface area contributed by atoms with Crippen LogP contribution < -0.4 is 5.73 Å². The fourth-order valence-electron chi connectivity index (χ4n) is 2.46. The molecule has 0 bridgehead atoms. The maximum Gasteiger partial charge on any atom is 0.226 e. The largest absolute Gasteiger partial charge is 0.339 e. The van der Waals surface area contributed by atoms with Gasteiger partial charge < -0.3 is 10.3 Å². The molecular weight excluding hydrogens is 216 g/mol. The zero-order valence-electron chi connectivity index (χ0n) is 10.6. The third kappa shape index (κ3) is 3.51. The Labute approximate surface area is 102 Å². The van der Waals surface area contributed by atoms with Crippen LogP contribution in [0.3, 0.4) is 0 Å². The molecule has 96 valence electrons. The Morgan fingerprint density at radius 1 is 1.53 bits per heavy atom. The predicted octanol–water partition coefficient (Wildman–Crippen LogP) is 1.19. The van der Waals surface area contributed by atoms with Crippen LogP contribution in [-0.4, -0.2) is 34.7 Å². The lowest BCUT2D eigenvalue weighted by atomic mass is 9.95. The number of likely N-dealkylation sites (tertiary alicyclic amines) is 1. The Bertz CT molecular complexity index is 337. The smallest absolute Gasteiger partial charge is 0.226 e. The number of aryl methyl sites for hydroxylation is 1. The monoisotopic (exact) mass is 238 g/mol. The quantitative estimate of drug-likeness (QED) is 0.834. The molecule has 2 heterocycles. The first-order chi connectivity index (χ1) is 8.31. The van der Waals surface area contributed by atoms with Gasteiger partial charge in [-0.05, 0) is 38.3 Å². The molecule has 1 fully saturated rings. The van der Waals surface area contributed by atoms with Crippen molar-refractivity contribution in [3.8, 4) is 0 Å². The van der Waals surface area contributed by atoms with Crippen molar-refractivity contribution in [3.05, 3.63) is 11.7 Å². The fraction of sp³-hybridized carbons (Fsp3) is 0.833. The van der Waals surface area contributed by atoms with E-state index in [9.17, 15) is 0 Å². The topological polar surface area (TPSA) is 68.2 Å². The third-order valence-corrected chi connectivity index (χ3v) is 3.36. The minimum absolute atomic E-state index is 0.732. The van der Waals surface area contributed by atoms with Crippen molar-refractivity contribution in [3.63, 3.8) is 0 Å². The second-order valence-electron chi connectivity index (χ2n) is 4.78. The van der Waals surface area contributed by atoms with E-state index in [1.807, 2.05) is 6.92 Å². The van der Waals surface area contributed by atoms with E-state index in [1.165, 1.54) is 12.8 Å². The van der Waals surface area contributed by atoms with Crippen LogP contribution in [0.25, 0.3) is 0 Å². The van der Waals surface area contributed by atoms with Crippen LogP contribution in [-0.2, 0) is 13.0 Å². The zero-order valence-corrected chi connectivity index (χ0v) is 10.6. The van der Waals surface area contributed by atoms with Crippen LogP contribution in [0.4, 0.5) is 0 Å². The number of nitrogens with zero attached hydrogens (tertiary/aromatic N) is 3. The summed E-state index contributed by atoms with van der Waals surface area (Å²) >= 11 is 0. The summed E-state index contributed by atoms with van der Waals surface area (Å²) in [5.74, 6) is 2.29. The maximum atomic E-state index is 5.62. The van der Waals surface area contributed by atoms with Crippen LogP contribution in [0, 0.1) is 5.92 Å². The van der Waals surface area contributed by atoms with Crippen molar-refractivity contribution < 1.29 is 4.52 Å². The Morgan fingerprint density at radius 3 is 3.12 bits per heavy atom. The van der Waals surface area contributed by atoms with Gasteiger partial charge in [-0.1, -0.05) is 12.1 Å². The molecule has 1 unspecified atom stereocenters. The number of piperidine rings is 1. The lowest BCUT2D eigenvalue weighted by Crippen LogP contribution is -2.35. The van der Waals surface area contributed by atoms with Crippen LogP contribution in [0.5, 0.6) is 0 Å². The molecule has 0 saturated carbocycles. The van der Waals surface area contributed by atoms with Crippen molar-refractivity contribution in [2.24, 2.45) is 11.7 Å². The second-order valence-corrected chi connectivity index (χ2v) is 4.78. The summed E-state index contributed by atoms with van der Waals surface area (Å²) in [5.41, 5.74) is 5.62. The molecule has 1 aromatic rings. The summed E-state index contributed by atoms with van der Waals surface area (Å²) in [5, 5.41) is 4.00. The maximum absolute atomic E-state index is 5.62. The van der Waals surface area contributed by atoms with E-state index >= 15 is 0 Å². The molecule has 1 aliphatic heterocycles. The predicted molar refractivity (Wildman–Crippen MR) is 65.3 cm³/mol. The van der Waals surface area contributed by atoms with E-state index in [0.717, 1.165) is 56.7 Å². The molecule has 0 aromatic carbocycles. The molecule has 1 aromatic heterocycles. The van der Waals surface area contributed by atoms with E-state index in [1.54, 1.807) is 0 Å². The van der Waals surface area contributed by atoms with Gasteiger partial charge in [0.2, 0.25) is 5.89 Å². The second kappa shape index (κ2) is 6.12. The molecule has 5 nitrogen and oxygen atoms in total. The van der Waals surface area contributed by atoms with Gasteiger partial charge >= 0.3 is 0 Å². The molecule has 2 N–H and O–H groups in total. The van der Waals surface area contributed by atoms with E-state index < -0.39 is 0 Å².